The van der Waals surface area contributed by atoms with Gasteiger partial charge in [0.05, 0.1) is 0 Å². The van der Waals surface area contributed by atoms with Crippen LogP contribution in [-0.4, -0.2) is 53.6 Å². The summed E-state index contributed by atoms with van der Waals surface area (Å²) in [6, 6.07) is 0. The van der Waals surface area contributed by atoms with Gasteiger partial charge in [0.25, 0.3) is 0 Å². The van der Waals surface area contributed by atoms with Gasteiger partial charge in [-0.1, -0.05) is 0 Å². The van der Waals surface area contributed by atoms with Crippen LogP contribution in [0.2, 0.25) is 0 Å². The molecule has 0 atom stereocenters. The molecule has 7 nitrogen and oxygen atoms in total. The van der Waals surface area contributed by atoms with Crippen molar-refractivity contribution in [2.24, 2.45) is 0 Å². The molecule has 0 rings (SSSR count). The molecule has 0 saturated carbocycles. The van der Waals surface area contributed by atoms with Crippen LogP contribution in [0, 0.1) is 0 Å². The largest absolute Gasteiger partial charge is 3.00 e. The van der Waals surface area contributed by atoms with Crippen molar-refractivity contribution in [2.45, 2.75) is 0 Å². The van der Waals surface area contributed by atoms with Gasteiger partial charge in [0.15, 0.2) is 0 Å². The van der Waals surface area contributed by atoms with E-state index in [2.05, 4.69) is 0 Å². The van der Waals surface area contributed by atoms with Crippen LogP contribution in [0.15, 0.2) is 0 Å². The van der Waals surface area contributed by atoms with Gasteiger partial charge in [-0.05, 0) is 0 Å². The van der Waals surface area contributed by atoms with Gasteiger partial charge in [0.1, 0.15) is 0 Å². The summed E-state index contributed by atoms with van der Waals surface area (Å²) in [7, 11) is -7.53. The van der Waals surface area contributed by atoms with Crippen molar-refractivity contribution in [1.82, 2.24) is 0 Å². The fourth-order valence-corrected chi connectivity index (χ4v) is 0. The zero-order valence-electron chi connectivity index (χ0n) is 4.67. The van der Waals surface area contributed by atoms with Crippen LogP contribution in [0.4, 0.5) is 0 Å². The molecule has 0 spiro atoms. The molecule has 10 heteroatoms. The topological polar surface area (TPSA) is 150 Å². The van der Waals surface area contributed by atoms with E-state index in [1.807, 2.05) is 0 Å². The molecule has 0 bridgehead atoms. The second-order valence-electron chi connectivity index (χ2n) is 0.870. The molecule has 0 radical (unpaired) electrons. The molecule has 0 fully saturated rings. The van der Waals surface area contributed by atoms with Gasteiger partial charge in [0.2, 0.25) is 0 Å². The summed E-state index contributed by atoms with van der Waals surface area (Å²) in [5.74, 6) is 0. The third-order valence-electron chi connectivity index (χ3n) is 0. The van der Waals surface area contributed by atoms with Crippen molar-refractivity contribution in [3.05, 3.63) is 0 Å². The van der Waals surface area contributed by atoms with E-state index < -0.39 is 16.4 Å². The summed E-state index contributed by atoms with van der Waals surface area (Å²) in [6.45, 7) is 0. The summed E-state index contributed by atoms with van der Waals surface area (Å²) >= 11 is 0. The maximum Gasteiger partial charge on any atom is 3.00 e. The van der Waals surface area contributed by atoms with Crippen LogP contribution < -0.4 is 14.4 Å². The van der Waals surface area contributed by atoms with Gasteiger partial charge in [-0.25, -0.2) is 0 Å². The summed E-state index contributed by atoms with van der Waals surface area (Å²) < 4.78 is 0. The van der Waals surface area contributed by atoms with Crippen LogP contribution >= 0.6 is 0 Å². The smallest absolute Gasteiger partial charge is 0.861 e. The van der Waals surface area contributed by atoms with Crippen LogP contribution in [0.5, 0.6) is 0 Å². The average molecular weight is 182 g/mol. The summed E-state index contributed by atoms with van der Waals surface area (Å²) in [6.07, 6.45) is 0. The molecule has 0 aliphatic heterocycles. The Balaban J connectivity index is -0.0000000910. The monoisotopic (exact) mass is 182 g/mol. The van der Waals surface area contributed by atoms with E-state index in [0.717, 1.165) is 0 Å². The molecular weight excluding hydrogens is 178 g/mol. The molecule has 0 saturated heterocycles. The Morgan fingerprint density at radius 3 is 1.00 bits per heavy atom. The predicted octanol–water partition coefficient (Wildman–Crippen LogP) is -6.94. The molecule has 0 amide bonds. The Bertz CT molecular complexity index is 50.4. The molecule has 0 aromatic carbocycles. The minimum absolute atomic E-state index is 0. The fraction of sp³-hybridized carbons (Fsp3) is 0. The molecule has 0 aromatic heterocycles. The van der Waals surface area contributed by atoms with Gasteiger partial charge in [-0.3, -0.25) is 0 Å². The van der Waals surface area contributed by atoms with E-state index in [4.69, 9.17) is 34.3 Å². The number of rotatable bonds is 0. The molecule has 0 aromatic rings. The van der Waals surface area contributed by atoms with Crippen LogP contribution in [-0.2, 0) is 0 Å². The van der Waals surface area contributed by atoms with Crippen molar-refractivity contribution >= 4 is 33.7 Å². The minimum Gasteiger partial charge on any atom is -0.861 e. The maximum atomic E-state index is 8.69. The van der Waals surface area contributed by atoms with Gasteiger partial charge in [-0.2, -0.15) is 0 Å². The Morgan fingerprint density at radius 2 is 1.00 bits per heavy atom. The predicted molar refractivity (Wildman–Crippen MR) is 26.1 cm³/mol. The summed E-state index contributed by atoms with van der Waals surface area (Å²) in [5, 5.41) is 21.5. The molecule has 0 heterocycles. The van der Waals surface area contributed by atoms with Gasteiger partial charge >= 0.3 is 24.7 Å². The first-order valence-electron chi connectivity index (χ1n) is 1.61. The van der Waals surface area contributed by atoms with Gasteiger partial charge < -0.3 is 34.3 Å². The zero-order chi connectivity index (χ0) is 8.08. The van der Waals surface area contributed by atoms with Crippen molar-refractivity contribution in [1.29, 1.82) is 0 Å². The minimum atomic E-state index is -5.36. The molecule has 56 valence electrons. The second-order valence-corrected chi connectivity index (χ2v) is 1.92. The molecule has 0 aliphatic rings. The van der Waals surface area contributed by atoms with Crippen molar-refractivity contribution in [3.8, 4) is 0 Å². The normalized spacial score (nSPS) is 8.70. The quantitative estimate of drug-likeness (QED) is 0.271. The molecule has 4 N–H and O–H groups in total. The van der Waals surface area contributed by atoms with E-state index in [0.29, 0.717) is 0 Å². The zero-order valence-corrected chi connectivity index (χ0v) is 6.82. The maximum absolute atomic E-state index is 8.69. The second kappa shape index (κ2) is 7.64. The molecule has 0 unspecified atom stereocenters. The Hall–Kier alpha value is 0.534. The Kier molecular flexibility index (Phi) is 12.9. The fourth-order valence-electron chi connectivity index (χ4n) is 0. The van der Waals surface area contributed by atoms with Crippen molar-refractivity contribution < 1.29 is 34.3 Å². The SMILES string of the molecule is OB(O)O.[Al+3].[O-][Si]([O-])([O-])O. The van der Waals surface area contributed by atoms with E-state index in [1.165, 1.54) is 0 Å². The third kappa shape index (κ3) is 1700. The standard InChI is InChI=1S/Al.BH3O3.HO4Si/c;2-1(3)4;1-5(2,3)4/h;2-4H;1H/q+3;;-3. The number of hydrogen-bond donors (Lipinski definition) is 4. The van der Waals surface area contributed by atoms with Crippen LogP contribution in [0.3, 0.4) is 0 Å². The van der Waals surface area contributed by atoms with E-state index in [-0.39, 0.29) is 17.4 Å². The van der Waals surface area contributed by atoms with E-state index in [1.54, 1.807) is 0 Å². The first-order valence-corrected chi connectivity index (χ1v) is 3.28. The van der Waals surface area contributed by atoms with Gasteiger partial charge in [-0.15, -0.1) is 9.05 Å². The first-order chi connectivity index (χ1) is 3.73. The first kappa shape index (κ1) is 16.9. The van der Waals surface area contributed by atoms with Gasteiger partial charge in [0, 0.05) is 0 Å². The van der Waals surface area contributed by atoms with Crippen LogP contribution in [0.25, 0.3) is 0 Å². The van der Waals surface area contributed by atoms with Crippen LogP contribution in [0.1, 0.15) is 0 Å². The molecule has 0 aliphatic carbocycles. The Morgan fingerprint density at radius 1 is 1.00 bits per heavy atom. The number of hydrogen-bond acceptors (Lipinski definition) is 7. The summed E-state index contributed by atoms with van der Waals surface area (Å²) in [4.78, 5) is 33.1. The third-order valence-corrected chi connectivity index (χ3v) is 0. The summed E-state index contributed by atoms with van der Waals surface area (Å²) in [5.41, 5.74) is 0. The van der Waals surface area contributed by atoms with Crippen molar-refractivity contribution in [3.63, 3.8) is 0 Å². The Labute approximate surface area is 68.6 Å². The van der Waals surface area contributed by atoms with Crippen molar-refractivity contribution in [2.75, 3.05) is 0 Å². The molecular formula is H4AlBO7Si. The van der Waals surface area contributed by atoms with E-state index in [9.17, 15) is 0 Å². The molecule has 10 heavy (non-hydrogen) atoms. The van der Waals surface area contributed by atoms with E-state index >= 15 is 0 Å². The average Bonchev–Trinajstić information content (AvgIpc) is 1.19.